The van der Waals surface area contributed by atoms with Crippen LogP contribution in [0.3, 0.4) is 0 Å². The predicted octanol–water partition coefficient (Wildman–Crippen LogP) is 2.72. The van der Waals surface area contributed by atoms with Gasteiger partial charge in [0.15, 0.2) is 0 Å². The first-order chi connectivity index (χ1) is 10.0. The Balaban J connectivity index is 1.87. The molecule has 0 aromatic heterocycles. The van der Waals surface area contributed by atoms with Crippen LogP contribution in [0.1, 0.15) is 36.8 Å². The number of rotatable bonds is 2. The molecule has 0 saturated carbocycles. The third-order valence-corrected chi connectivity index (χ3v) is 5.01. The van der Waals surface area contributed by atoms with Gasteiger partial charge < -0.3 is 4.90 Å². The monoisotopic (exact) mass is 290 g/mol. The summed E-state index contributed by atoms with van der Waals surface area (Å²) >= 11 is 0. The van der Waals surface area contributed by atoms with Crippen LogP contribution in [-0.2, 0) is 11.3 Å². The molecule has 0 aliphatic carbocycles. The number of piperidine rings is 1. The normalized spacial score (nSPS) is 26.8. The molecule has 2 aliphatic heterocycles. The van der Waals surface area contributed by atoms with Gasteiger partial charge in [-0.25, -0.2) is 4.39 Å². The summed E-state index contributed by atoms with van der Waals surface area (Å²) in [4.78, 5) is 16.7. The summed E-state index contributed by atoms with van der Waals surface area (Å²) in [5.41, 5.74) is 1.38. The molecule has 2 aliphatic rings. The quantitative estimate of drug-likeness (QED) is 0.836. The fourth-order valence-corrected chi connectivity index (χ4v) is 3.89. The second-order valence-corrected chi connectivity index (χ2v) is 6.48. The van der Waals surface area contributed by atoms with Gasteiger partial charge in [-0.3, -0.25) is 9.69 Å². The van der Waals surface area contributed by atoms with Gasteiger partial charge in [-0.2, -0.15) is 0 Å². The molecule has 1 aromatic rings. The molecule has 4 heteroatoms. The van der Waals surface area contributed by atoms with E-state index in [1.54, 1.807) is 6.07 Å². The van der Waals surface area contributed by atoms with Crippen molar-refractivity contribution in [2.45, 2.75) is 44.7 Å². The van der Waals surface area contributed by atoms with Crippen LogP contribution < -0.4 is 0 Å². The number of amides is 1. The molecule has 1 aromatic carbocycles. The van der Waals surface area contributed by atoms with Crippen LogP contribution >= 0.6 is 0 Å². The van der Waals surface area contributed by atoms with Crippen LogP contribution in [0.5, 0.6) is 0 Å². The largest absolute Gasteiger partial charge is 0.344 e. The molecule has 0 N–H and O–H groups in total. The van der Waals surface area contributed by atoms with E-state index >= 15 is 0 Å². The Bertz CT molecular complexity index is 560. The van der Waals surface area contributed by atoms with Crippen LogP contribution in [0.25, 0.3) is 0 Å². The number of halogens is 1. The van der Waals surface area contributed by atoms with Crippen molar-refractivity contribution in [3.63, 3.8) is 0 Å². The molecule has 2 heterocycles. The topological polar surface area (TPSA) is 23.6 Å². The number of likely N-dealkylation sites (N-methyl/N-ethyl adjacent to an activating group) is 1. The molecule has 1 spiro atoms. The highest BCUT2D eigenvalue weighted by atomic mass is 19.1. The summed E-state index contributed by atoms with van der Waals surface area (Å²) < 4.78 is 14.0. The highest BCUT2D eigenvalue weighted by molar-refractivity contribution is 5.87. The standard InChI is InChI=1S/C17H23FN2O/c1-13-5-6-15(18)14(11-13)12-20-10-4-8-17(20)7-3-9-19(2)16(17)21/h5-6,11H,3-4,7-10,12H2,1-2H3. The second kappa shape index (κ2) is 5.41. The highest BCUT2D eigenvalue weighted by Gasteiger charge is 2.49. The van der Waals surface area contributed by atoms with Gasteiger partial charge in [0.1, 0.15) is 11.4 Å². The summed E-state index contributed by atoms with van der Waals surface area (Å²) in [5.74, 6) is 0.0542. The molecular formula is C17H23FN2O. The Labute approximate surface area is 125 Å². The number of likely N-dealkylation sites (tertiary alicyclic amines) is 2. The minimum atomic E-state index is -0.386. The van der Waals surface area contributed by atoms with Crippen molar-refractivity contribution in [3.8, 4) is 0 Å². The van der Waals surface area contributed by atoms with E-state index < -0.39 is 0 Å². The van der Waals surface area contributed by atoms with Gasteiger partial charge in [-0.15, -0.1) is 0 Å². The van der Waals surface area contributed by atoms with Crippen molar-refractivity contribution < 1.29 is 9.18 Å². The molecule has 2 saturated heterocycles. The lowest BCUT2D eigenvalue weighted by molar-refractivity contribution is -0.146. The molecule has 3 rings (SSSR count). The van der Waals surface area contributed by atoms with E-state index in [2.05, 4.69) is 4.90 Å². The van der Waals surface area contributed by atoms with E-state index in [1.807, 2.05) is 24.9 Å². The Kier molecular flexibility index (Phi) is 3.74. The molecule has 114 valence electrons. The molecule has 0 bridgehead atoms. The highest BCUT2D eigenvalue weighted by Crippen LogP contribution is 2.39. The maximum absolute atomic E-state index is 14.0. The van der Waals surface area contributed by atoms with E-state index in [9.17, 15) is 9.18 Å². The first kappa shape index (κ1) is 14.5. The molecule has 21 heavy (non-hydrogen) atoms. The third-order valence-electron chi connectivity index (χ3n) is 5.01. The van der Waals surface area contributed by atoms with Crippen molar-refractivity contribution in [2.75, 3.05) is 20.1 Å². The molecule has 0 radical (unpaired) electrons. The zero-order chi connectivity index (χ0) is 15.0. The van der Waals surface area contributed by atoms with E-state index in [1.165, 1.54) is 6.07 Å². The lowest BCUT2D eigenvalue weighted by Gasteiger charge is -2.43. The Morgan fingerprint density at radius 2 is 1.95 bits per heavy atom. The minimum absolute atomic E-state index is 0.167. The zero-order valence-corrected chi connectivity index (χ0v) is 12.9. The summed E-state index contributed by atoms with van der Waals surface area (Å²) in [6, 6.07) is 5.22. The van der Waals surface area contributed by atoms with E-state index in [0.29, 0.717) is 12.1 Å². The maximum atomic E-state index is 14.0. The van der Waals surface area contributed by atoms with E-state index in [4.69, 9.17) is 0 Å². The first-order valence-corrected chi connectivity index (χ1v) is 7.78. The smallest absolute Gasteiger partial charge is 0.242 e. The molecule has 1 amide bonds. The van der Waals surface area contributed by atoms with E-state index in [0.717, 1.165) is 44.3 Å². The van der Waals surface area contributed by atoms with Crippen molar-refractivity contribution in [1.29, 1.82) is 0 Å². The van der Waals surface area contributed by atoms with Crippen LogP contribution in [0.15, 0.2) is 18.2 Å². The van der Waals surface area contributed by atoms with Crippen LogP contribution in [0.2, 0.25) is 0 Å². The third kappa shape index (κ3) is 2.46. The second-order valence-electron chi connectivity index (χ2n) is 6.48. The van der Waals surface area contributed by atoms with Gasteiger partial charge in [0.05, 0.1) is 0 Å². The maximum Gasteiger partial charge on any atom is 0.242 e. The van der Waals surface area contributed by atoms with Gasteiger partial charge >= 0.3 is 0 Å². The van der Waals surface area contributed by atoms with Crippen molar-refractivity contribution in [2.24, 2.45) is 0 Å². The Hall–Kier alpha value is -1.42. The zero-order valence-electron chi connectivity index (χ0n) is 12.9. The first-order valence-electron chi connectivity index (χ1n) is 7.78. The Morgan fingerprint density at radius 1 is 1.24 bits per heavy atom. The lowest BCUT2D eigenvalue weighted by Crippen LogP contribution is -2.58. The summed E-state index contributed by atoms with van der Waals surface area (Å²) in [6.07, 6.45) is 3.87. The van der Waals surface area contributed by atoms with Gasteiger partial charge in [0, 0.05) is 25.7 Å². The van der Waals surface area contributed by atoms with Crippen LogP contribution in [0, 0.1) is 12.7 Å². The van der Waals surface area contributed by atoms with Gasteiger partial charge in [-0.05, 0) is 45.2 Å². The minimum Gasteiger partial charge on any atom is -0.344 e. The summed E-state index contributed by atoms with van der Waals surface area (Å²) in [5, 5.41) is 0. The fourth-order valence-electron chi connectivity index (χ4n) is 3.89. The van der Waals surface area contributed by atoms with E-state index in [-0.39, 0.29) is 17.3 Å². The molecule has 1 unspecified atom stereocenters. The number of nitrogens with zero attached hydrogens (tertiary/aromatic N) is 2. The Morgan fingerprint density at radius 3 is 2.71 bits per heavy atom. The number of hydrogen-bond donors (Lipinski definition) is 0. The lowest BCUT2D eigenvalue weighted by atomic mass is 9.85. The van der Waals surface area contributed by atoms with Crippen molar-refractivity contribution in [3.05, 3.63) is 35.1 Å². The van der Waals surface area contributed by atoms with Gasteiger partial charge in [0.2, 0.25) is 5.91 Å². The van der Waals surface area contributed by atoms with Crippen molar-refractivity contribution in [1.82, 2.24) is 9.80 Å². The fraction of sp³-hybridized carbons (Fsp3) is 0.588. The average molecular weight is 290 g/mol. The molecular weight excluding hydrogens is 267 g/mol. The van der Waals surface area contributed by atoms with Crippen LogP contribution in [0.4, 0.5) is 4.39 Å². The number of carbonyl (C=O) groups is 1. The predicted molar refractivity (Wildman–Crippen MR) is 80.4 cm³/mol. The summed E-state index contributed by atoms with van der Waals surface area (Å²) in [6.45, 7) is 4.23. The van der Waals surface area contributed by atoms with Crippen molar-refractivity contribution >= 4 is 5.91 Å². The molecule has 3 nitrogen and oxygen atoms in total. The summed E-state index contributed by atoms with van der Waals surface area (Å²) in [7, 11) is 1.88. The number of hydrogen-bond acceptors (Lipinski definition) is 2. The molecule has 1 atom stereocenters. The average Bonchev–Trinajstić information content (AvgIpc) is 2.84. The number of aryl methyl sites for hydroxylation is 1. The molecule has 2 fully saturated rings. The number of benzene rings is 1. The van der Waals surface area contributed by atoms with Crippen LogP contribution in [-0.4, -0.2) is 41.4 Å². The van der Waals surface area contributed by atoms with Gasteiger partial charge in [-0.1, -0.05) is 17.7 Å². The van der Waals surface area contributed by atoms with Gasteiger partial charge in [0.25, 0.3) is 0 Å². The number of carbonyl (C=O) groups excluding carboxylic acids is 1. The SMILES string of the molecule is Cc1ccc(F)c(CN2CCCC23CCCN(C)C3=O)c1.